The lowest BCUT2D eigenvalue weighted by Crippen LogP contribution is -2.02. The van der Waals surface area contributed by atoms with Gasteiger partial charge in [-0.05, 0) is 30.7 Å². The average molecular weight is 220 g/mol. The first-order chi connectivity index (χ1) is 7.63. The predicted molar refractivity (Wildman–Crippen MR) is 61.6 cm³/mol. The fraction of sp³-hybridized carbons (Fsp3) is 0.385. The van der Waals surface area contributed by atoms with E-state index in [9.17, 15) is 9.59 Å². The minimum Gasteiger partial charge on any atom is -0.427 e. The number of hydrogen-bond donors (Lipinski definition) is 0. The number of benzene rings is 1. The topological polar surface area (TPSA) is 43.4 Å². The second-order valence-electron chi connectivity index (χ2n) is 3.64. The average Bonchev–Trinajstić information content (AvgIpc) is 2.26. The highest BCUT2D eigenvalue weighted by Crippen LogP contribution is 2.14. The molecule has 16 heavy (non-hydrogen) atoms. The van der Waals surface area contributed by atoms with Gasteiger partial charge in [-0.3, -0.25) is 9.59 Å². The molecule has 0 aliphatic carbocycles. The second kappa shape index (κ2) is 6.05. The van der Waals surface area contributed by atoms with Gasteiger partial charge in [-0.2, -0.15) is 0 Å². The Bertz CT molecular complexity index is 365. The van der Waals surface area contributed by atoms with Crippen molar-refractivity contribution in [2.45, 2.75) is 33.1 Å². The van der Waals surface area contributed by atoms with Gasteiger partial charge in [0.1, 0.15) is 5.75 Å². The van der Waals surface area contributed by atoms with Crippen LogP contribution in [0.3, 0.4) is 0 Å². The number of carbonyl (C=O) groups excluding carboxylic acids is 2. The van der Waals surface area contributed by atoms with Crippen LogP contribution in [0, 0.1) is 0 Å². The molecule has 0 fully saturated rings. The monoisotopic (exact) mass is 220 g/mol. The van der Waals surface area contributed by atoms with Crippen molar-refractivity contribution in [1.29, 1.82) is 0 Å². The molecular formula is C13H16O3. The van der Waals surface area contributed by atoms with E-state index in [1.165, 1.54) is 6.92 Å². The van der Waals surface area contributed by atoms with Gasteiger partial charge in [0.2, 0.25) is 0 Å². The Labute approximate surface area is 95.4 Å². The fourth-order valence-corrected chi connectivity index (χ4v) is 1.36. The van der Waals surface area contributed by atoms with Crippen LogP contribution in [0.25, 0.3) is 0 Å². The van der Waals surface area contributed by atoms with Gasteiger partial charge >= 0.3 is 5.97 Å². The highest BCUT2D eigenvalue weighted by Gasteiger charge is 2.05. The highest BCUT2D eigenvalue weighted by atomic mass is 16.5. The third-order valence-corrected chi connectivity index (χ3v) is 2.20. The number of Topliss-reactive ketones (excluding diaryl/α,β-unsaturated/α-hetero) is 1. The number of ketones is 1. The quantitative estimate of drug-likeness (QED) is 0.435. The Balaban J connectivity index is 2.63. The molecule has 1 rings (SSSR count). The summed E-state index contributed by atoms with van der Waals surface area (Å²) in [5, 5.41) is 0. The van der Waals surface area contributed by atoms with E-state index in [1.54, 1.807) is 24.3 Å². The zero-order valence-corrected chi connectivity index (χ0v) is 9.66. The predicted octanol–water partition coefficient (Wildman–Crippen LogP) is 2.98. The molecule has 0 heterocycles. The van der Waals surface area contributed by atoms with Gasteiger partial charge in [-0.25, -0.2) is 0 Å². The third-order valence-electron chi connectivity index (χ3n) is 2.20. The highest BCUT2D eigenvalue weighted by molar-refractivity contribution is 5.96. The zero-order chi connectivity index (χ0) is 12.0. The fourth-order valence-electron chi connectivity index (χ4n) is 1.36. The number of rotatable bonds is 5. The molecule has 0 saturated carbocycles. The van der Waals surface area contributed by atoms with Crippen molar-refractivity contribution < 1.29 is 14.3 Å². The summed E-state index contributed by atoms with van der Waals surface area (Å²) in [4.78, 5) is 22.3. The molecule has 3 heteroatoms. The summed E-state index contributed by atoms with van der Waals surface area (Å²) in [5.74, 6) is 0.251. The zero-order valence-electron chi connectivity index (χ0n) is 9.66. The molecule has 0 saturated heterocycles. The first-order valence-electron chi connectivity index (χ1n) is 5.45. The molecule has 0 aliphatic rings. The van der Waals surface area contributed by atoms with E-state index >= 15 is 0 Å². The van der Waals surface area contributed by atoms with Gasteiger partial charge in [0, 0.05) is 18.9 Å². The van der Waals surface area contributed by atoms with Crippen molar-refractivity contribution >= 4 is 11.8 Å². The van der Waals surface area contributed by atoms with Crippen molar-refractivity contribution in [2.75, 3.05) is 0 Å². The van der Waals surface area contributed by atoms with E-state index in [1.807, 2.05) is 0 Å². The van der Waals surface area contributed by atoms with Gasteiger partial charge in [-0.1, -0.05) is 13.3 Å². The Morgan fingerprint density at radius 3 is 2.31 bits per heavy atom. The van der Waals surface area contributed by atoms with Crippen LogP contribution in [-0.2, 0) is 4.79 Å². The number of esters is 1. The lowest BCUT2D eigenvalue weighted by Gasteiger charge is -2.03. The Morgan fingerprint density at radius 2 is 1.81 bits per heavy atom. The van der Waals surface area contributed by atoms with E-state index in [-0.39, 0.29) is 11.8 Å². The first kappa shape index (κ1) is 12.4. The molecule has 86 valence electrons. The van der Waals surface area contributed by atoms with Crippen LogP contribution in [-0.4, -0.2) is 11.8 Å². The van der Waals surface area contributed by atoms with Crippen molar-refractivity contribution in [2.24, 2.45) is 0 Å². The molecule has 1 aromatic rings. The normalized spacial score (nSPS) is 9.88. The summed E-state index contributed by atoms with van der Waals surface area (Å²) in [6.45, 7) is 3.40. The first-order valence-corrected chi connectivity index (χ1v) is 5.45. The molecule has 0 spiro atoms. The summed E-state index contributed by atoms with van der Waals surface area (Å²) in [5.41, 5.74) is 0.671. The Hall–Kier alpha value is -1.64. The summed E-state index contributed by atoms with van der Waals surface area (Å²) in [6, 6.07) is 6.66. The number of unbranched alkanes of at least 4 members (excludes halogenated alkanes) is 1. The second-order valence-corrected chi connectivity index (χ2v) is 3.64. The third kappa shape index (κ3) is 3.85. The van der Waals surface area contributed by atoms with Crippen LogP contribution in [0.2, 0.25) is 0 Å². The standard InChI is InChI=1S/C13H16O3/c1-3-4-5-13(15)11-6-8-12(9-7-11)16-10(2)14/h6-9H,3-5H2,1-2H3. The molecule has 0 amide bonds. The van der Waals surface area contributed by atoms with Crippen molar-refractivity contribution in [3.05, 3.63) is 29.8 Å². The van der Waals surface area contributed by atoms with Gasteiger partial charge in [-0.15, -0.1) is 0 Å². The lowest BCUT2D eigenvalue weighted by molar-refractivity contribution is -0.131. The summed E-state index contributed by atoms with van der Waals surface area (Å²) in [6.07, 6.45) is 2.49. The molecule has 3 nitrogen and oxygen atoms in total. The smallest absolute Gasteiger partial charge is 0.308 e. The van der Waals surface area contributed by atoms with Crippen molar-refractivity contribution in [1.82, 2.24) is 0 Å². The van der Waals surface area contributed by atoms with Gasteiger partial charge < -0.3 is 4.74 Å². The van der Waals surface area contributed by atoms with Gasteiger partial charge in [0.15, 0.2) is 5.78 Å². The molecule has 0 N–H and O–H groups in total. The maximum Gasteiger partial charge on any atom is 0.308 e. The van der Waals surface area contributed by atoms with E-state index in [2.05, 4.69) is 6.92 Å². The maximum atomic E-state index is 11.6. The van der Waals surface area contributed by atoms with Crippen LogP contribution < -0.4 is 4.74 Å². The van der Waals surface area contributed by atoms with Crippen LogP contribution in [0.1, 0.15) is 43.5 Å². The van der Waals surface area contributed by atoms with Crippen molar-refractivity contribution in [3.63, 3.8) is 0 Å². The molecule has 0 atom stereocenters. The largest absolute Gasteiger partial charge is 0.427 e. The molecule has 0 radical (unpaired) electrons. The Kier molecular flexibility index (Phi) is 4.70. The minimum absolute atomic E-state index is 0.135. The molecule has 0 aliphatic heterocycles. The van der Waals surface area contributed by atoms with Crippen molar-refractivity contribution in [3.8, 4) is 5.75 Å². The van der Waals surface area contributed by atoms with Crippen LogP contribution in [0.5, 0.6) is 5.75 Å². The van der Waals surface area contributed by atoms with Gasteiger partial charge in [0.25, 0.3) is 0 Å². The summed E-state index contributed by atoms with van der Waals surface area (Å²) >= 11 is 0. The summed E-state index contributed by atoms with van der Waals surface area (Å²) in [7, 11) is 0. The SMILES string of the molecule is CCCCC(=O)c1ccc(OC(C)=O)cc1. The van der Waals surface area contributed by atoms with Crippen LogP contribution in [0.15, 0.2) is 24.3 Å². The maximum absolute atomic E-state index is 11.6. The lowest BCUT2D eigenvalue weighted by atomic mass is 10.1. The Morgan fingerprint density at radius 1 is 1.19 bits per heavy atom. The molecule has 0 bridgehead atoms. The molecule has 1 aromatic carbocycles. The van der Waals surface area contributed by atoms with E-state index in [0.29, 0.717) is 17.7 Å². The molecule has 0 unspecified atom stereocenters. The minimum atomic E-state index is -0.356. The molecule has 0 aromatic heterocycles. The van der Waals surface area contributed by atoms with Crippen LogP contribution in [0.4, 0.5) is 0 Å². The summed E-state index contributed by atoms with van der Waals surface area (Å²) < 4.78 is 4.88. The molecular weight excluding hydrogens is 204 g/mol. The number of ether oxygens (including phenoxy) is 1. The van der Waals surface area contributed by atoms with E-state index in [4.69, 9.17) is 4.74 Å². The number of hydrogen-bond acceptors (Lipinski definition) is 3. The van der Waals surface area contributed by atoms with Crippen LogP contribution >= 0.6 is 0 Å². The number of carbonyl (C=O) groups is 2. The van der Waals surface area contributed by atoms with Gasteiger partial charge in [0.05, 0.1) is 0 Å². The van der Waals surface area contributed by atoms with E-state index < -0.39 is 0 Å². The van der Waals surface area contributed by atoms with E-state index in [0.717, 1.165) is 12.8 Å².